The molecular formula is C26H26N8O. The van der Waals surface area contributed by atoms with E-state index in [9.17, 15) is 0 Å². The average Bonchev–Trinajstić information content (AvgIpc) is 3.45. The van der Waals surface area contributed by atoms with Crippen molar-refractivity contribution in [1.29, 1.82) is 0 Å². The first-order chi connectivity index (χ1) is 17.2. The van der Waals surface area contributed by atoms with E-state index in [1.807, 2.05) is 24.4 Å². The molecule has 0 atom stereocenters. The van der Waals surface area contributed by atoms with Crippen LogP contribution in [0, 0.1) is 13.8 Å². The van der Waals surface area contributed by atoms with Crippen molar-refractivity contribution in [1.82, 2.24) is 24.6 Å². The standard InChI is InChI=1S/C26H26N8O/c1-17-18(2)29-22-4-3-19(13-21(17)22)15-28-31-25-14-24(33-9-11-35-12-10-33)26-30-23(16-34(26)32-25)20-5-7-27-8-6-20/h3-8,13-14,16,29H,9-12,15H2,1-2H3. The van der Waals surface area contributed by atoms with Gasteiger partial charge < -0.3 is 14.6 Å². The molecule has 0 unspecified atom stereocenters. The van der Waals surface area contributed by atoms with Crippen molar-refractivity contribution in [2.45, 2.75) is 20.4 Å². The van der Waals surface area contributed by atoms with Crippen molar-refractivity contribution < 1.29 is 4.74 Å². The topological polar surface area (TPSA) is 96.1 Å². The molecule has 1 fully saturated rings. The van der Waals surface area contributed by atoms with Crippen molar-refractivity contribution in [2.75, 3.05) is 31.2 Å². The van der Waals surface area contributed by atoms with Crippen molar-refractivity contribution in [3.8, 4) is 11.3 Å². The molecule has 176 valence electrons. The summed E-state index contributed by atoms with van der Waals surface area (Å²) in [4.78, 5) is 14.7. The van der Waals surface area contributed by atoms with E-state index in [0.29, 0.717) is 25.6 Å². The highest BCUT2D eigenvalue weighted by Crippen LogP contribution is 2.29. The van der Waals surface area contributed by atoms with Crippen molar-refractivity contribution in [3.63, 3.8) is 0 Å². The van der Waals surface area contributed by atoms with E-state index in [2.05, 4.69) is 57.1 Å². The van der Waals surface area contributed by atoms with Crippen LogP contribution in [0.3, 0.4) is 0 Å². The third kappa shape index (κ3) is 4.15. The highest BCUT2D eigenvalue weighted by molar-refractivity contribution is 5.85. The maximum atomic E-state index is 5.56. The van der Waals surface area contributed by atoms with Crippen LogP contribution in [-0.4, -0.2) is 50.9 Å². The Kier molecular flexibility index (Phi) is 5.46. The smallest absolute Gasteiger partial charge is 0.196 e. The minimum Gasteiger partial charge on any atom is -0.378 e. The minimum absolute atomic E-state index is 0.485. The van der Waals surface area contributed by atoms with Gasteiger partial charge in [-0.1, -0.05) is 6.07 Å². The number of rotatable bonds is 5. The molecule has 1 aromatic carbocycles. The van der Waals surface area contributed by atoms with Crippen LogP contribution in [0.1, 0.15) is 16.8 Å². The molecule has 6 rings (SSSR count). The van der Waals surface area contributed by atoms with Crippen molar-refractivity contribution in [3.05, 3.63) is 71.8 Å². The highest BCUT2D eigenvalue weighted by atomic mass is 16.5. The molecule has 0 aliphatic carbocycles. The Labute approximate surface area is 202 Å². The number of nitrogens with one attached hydrogen (secondary N) is 1. The van der Waals surface area contributed by atoms with Gasteiger partial charge in [-0.25, -0.2) is 9.50 Å². The number of hydrogen-bond acceptors (Lipinski definition) is 7. The number of hydrogen-bond donors (Lipinski definition) is 1. The summed E-state index contributed by atoms with van der Waals surface area (Å²) in [6.45, 7) is 7.67. The molecule has 5 aromatic rings. The van der Waals surface area contributed by atoms with E-state index < -0.39 is 0 Å². The fourth-order valence-electron chi connectivity index (χ4n) is 4.49. The third-order valence-electron chi connectivity index (χ3n) is 6.52. The summed E-state index contributed by atoms with van der Waals surface area (Å²) < 4.78 is 7.36. The zero-order valence-corrected chi connectivity index (χ0v) is 19.8. The van der Waals surface area contributed by atoms with Crippen LogP contribution in [0.4, 0.5) is 11.5 Å². The Balaban J connectivity index is 1.34. The van der Waals surface area contributed by atoms with Gasteiger partial charge in [0.05, 0.1) is 37.3 Å². The lowest BCUT2D eigenvalue weighted by Crippen LogP contribution is -2.36. The molecule has 1 aliphatic heterocycles. The Morgan fingerprint density at radius 1 is 1.06 bits per heavy atom. The van der Waals surface area contributed by atoms with Gasteiger partial charge in [0, 0.05) is 53.7 Å². The number of imidazole rings is 1. The molecule has 1 aliphatic rings. The number of aromatic nitrogens is 5. The number of azo groups is 1. The first kappa shape index (κ1) is 21.4. The summed E-state index contributed by atoms with van der Waals surface area (Å²) >= 11 is 0. The van der Waals surface area contributed by atoms with Gasteiger partial charge in [-0.05, 0) is 49.2 Å². The maximum absolute atomic E-state index is 5.56. The van der Waals surface area contributed by atoms with E-state index in [1.54, 1.807) is 16.9 Å². The van der Waals surface area contributed by atoms with E-state index in [4.69, 9.17) is 14.8 Å². The summed E-state index contributed by atoms with van der Waals surface area (Å²) in [6.07, 6.45) is 5.46. The molecule has 0 saturated carbocycles. The number of benzene rings is 1. The molecule has 1 N–H and O–H groups in total. The maximum Gasteiger partial charge on any atom is 0.196 e. The quantitative estimate of drug-likeness (QED) is 0.367. The fourth-order valence-corrected chi connectivity index (χ4v) is 4.49. The van der Waals surface area contributed by atoms with Gasteiger partial charge in [0.25, 0.3) is 0 Å². The molecule has 9 heteroatoms. The molecule has 35 heavy (non-hydrogen) atoms. The molecule has 0 radical (unpaired) electrons. The van der Waals surface area contributed by atoms with E-state index in [-0.39, 0.29) is 0 Å². The summed E-state index contributed by atoms with van der Waals surface area (Å²) in [5.74, 6) is 0.549. The molecule has 0 bridgehead atoms. The largest absolute Gasteiger partial charge is 0.378 e. The molecule has 0 amide bonds. The van der Waals surface area contributed by atoms with E-state index in [0.717, 1.165) is 46.8 Å². The Morgan fingerprint density at radius 3 is 2.71 bits per heavy atom. The lowest BCUT2D eigenvalue weighted by molar-refractivity contribution is 0.123. The van der Waals surface area contributed by atoms with Gasteiger partial charge >= 0.3 is 0 Å². The van der Waals surface area contributed by atoms with Crippen molar-refractivity contribution >= 4 is 28.1 Å². The summed E-state index contributed by atoms with van der Waals surface area (Å²) in [7, 11) is 0. The number of ether oxygens (including phenoxy) is 1. The number of pyridine rings is 1. The molecule has 9 nitrogen and oxygen atoms in total. The highest BCUT2D eigenvalue weighted by Gasteiger charge is 2.19. The fraction of sp³-hybridized carbons (Fsp3) is 0.269. The number of fused-ring (bicyclic) bond motifs is 2. The number of aromatic amines is 1. The lowest BCUT2D eigenvalue weighted by Gasteiger charge is -2.28. The number of morpholine rings is 1. The third-order valence-corrected chi connectivity index (χ3v) is 6.52. The number of aryl methyl sites for hydroxylation is 2. The molecule has 0 spiro atoms. The van der Waals surface area contributed by atoms with E-state index in [1.165, 1.54) is 16.6 Å². The molecule has 5 heterocycles. The molecule has 4 aromatic heterocycles. The van der Waals surface area contributed by atoms with Gasteiger partial charge in [0.1, 0.15) is 0 Å². The Bertz CT molecular complexity index is 1530. The Morgan fingerprint density at radius 2 is 1.89 bits per heavy atom. The first-order valence-corrected chi connectivity index (χ1v) is 11.7. The van der Waals surface area contributed by atoms with Gasteiger partial charge in [0.15, 0.2) is 11.5 Å². The SMILES string of the molecule is Cc1[nH]c2ccc(CN=Nc3cc(N4CCOCC4)c4nc(-c5ccncc5)cn4n3)cc2c1C. The first-order valence-electron chi connectivity index (χ1n) is 11.7. The zero-order valence-electron chi connectivity index (χ0n) is 19.8. The summed E-state index contributed by atoms with van der Waals surface area (Å²) in [6, 6.07) is 12.2. The van der Waals surface area contributed by atoms with Gasteiger partial charge in [-0.15, -0.1) is 10.2 Å². The van der Waals surface area contributed by atoms with Gasteiger partial charge in [0.2, 0.25) is 0 Å². The van der Waals surface area contributed by atoms with Crippen LogP contribution in [0.5, 0.6) is 0 Å². The second-order valence-electron chi connectivity index (χ2n) is 8.77. The number of H-pyrrole nitrogens is 1. The molecule has 1 saturated heterocycles. The lowest BCUT2D eigenvalue weighted by atomic mass is 10.1. The van der Waals surface area contributed by atoms with Gasteiger partial charge in [-0.3, -0.25) is 4.98 Å². The zero-order chi connectivity index (χ0) is 23.8. The monoisotopic (exact) mass is 466 g/mol. The number of nitrogens with zero attached hydrogens (tertiary/aromatic N) is 7. The Hall–Kier alpha value is -4.11. The summed E-state index contributed by atoms with van der Waals surface area (Å²) in [5.41, 5.74) is 8.33. The van der Waals surface area contributed by atoms with Crippen LogP contribution in [0.2, 0.25) is 0 Å². The number of anilines is 1. The predicted molar refractivity (Wildman–Crippen MR) is 135 cm³/mol. The second-order valence-corrected chi connectivity index (χ2v) is 8.77. The predicted octanol–water partition coefficient (Wildman–Crippen LogP) is 5.01. The second kappa shape index (κ2) is 8.92. The van der Waals surface area contributed by atoms with Gasteiger partial charge in [-0.2, -0.15) is 5.11 Å². The van der Waals surface area contributed by atoms with Crippen LogP contribution in [0.15, 0.2) is 65.2 Å². The molecular weight excluding hydrogens is 440 g/mol. The van der Waals surface area contributed by atoms with Crippen LogP contribution >= 0.6 is 0 Å². The van der Waals surface area contributed by atoms with Crippen LogP contribution < -0.4 is 4.90 Å². The average molecular weight is 467 g/mol. The summed E-state index contributed by atoms with van der Waals surface area (Å²) in [5, 5.41) is 14.9. The van der Waals surface area contributed by atoms with Crippen LogP contribution in [0.25, 0.3) is 27.8 Å². The van der Waals surface area contributed by atoms with E-state index >= 15 is 0 Å². The van der Waals surface area contributed by atoms with Crippen molar-refractivity contribution in [2.24, 2.45) is 10.2 Å². The van der Waals surface area contributed by atoms with Crippen LogP contribution in [-0.2, 0) is 11.3 Å². The minimum atomic E-state index is 0.485. The normalized spacial score (nSPS) is 14.5.